The average Bonchev–Trinajstić information content (AvgIpc) is 3.18. The van der Waals surface area contributed by atoms with Gasteiger partial charge in [-0.15, -0.1) is 0 Å². The first-order valence-corrected chi connectivity index (χ1v) is 11.0. The van der Waals surface area contributed by atoms with Crippen LogP contribution in [0.4, 0.5) is 9.18 Å². The second kappa shape index (κ2) is 8.98. The summed E-state index contributed by atoms with van der Waals surface area (Å²) in [5.74, 6) is -1.69. The molecule has 4 aromatic carbocycles. The van der Waals surface area contributed by atoms with E-state index >= 15 is 0 Å². The predicted molar refractivity (Wildman–Crippen MR) is 127 cm³/mol. The largest absolute Gasteiger partial charge is 0.480 e. The van der Waals surface area contributed by atoms with E-state index in [-0.39, 0.29) is 24.8 Å². The molecule has 2 N–H and O–H groups in total. The van der Waals surface area contributed by atoms with E-state index in [2.05, 4.69) is 5.32 Å². The van der Waals surface area contributed by atoms with Crippen LogP contribution in [0.25, 0.3) is 21.9 Å². The van der Waals surface area contributed by atoms with Gasteiger partial charge in [0, 0.05) is 17.7 Å². The lowest BCUT2D eigenvalue weighted by molar-refractivity contribution is -0.139. The molecule has 0 spiro atoms. The number of rotatable bonds is 6. The van der Waals surface area contributed by atoms with E-state index in [0.29, 0.717) is 16.3 Å². The van der Waals surface area contributed by atoms with Crippen molar-refractivity contribution >= 4 is 22.8 Å². The van der Waals surface area contributed by atoms with Crippen LogP contribution in [0, 0.1) is 5.82 Å². The van der Waals surface area contributed by atoms with Crippen LogP contribution in [-0.2, 0) is 16.0 Å². The number of halogens is 1. The Labute approximate surface area is 195 Å². The van der Waals surface area contributed by atoms with Crippen molar-refractivity contribution in [3.05, 3.63) is 107 Å². The maximum atomic E-state index is 14.1. The minimum absolute atomic E-state index is 0.000320. The number of aliphatic carboxylic acids is 1. The fourth-order valence-corrected chi connectivity index (χ4v) is 4.71. The molecule has 34 heavy (non-hydrogen) atoms. The van der Waals surface area contributed by atoms with Crippen molar-refractivity contribution < 1.29 is 23.8 Å². The summed E-state index contributed by atoms with van der Waals surface area (Å²) >= 11 is 0. The monoisotopic (exact) mass is 455 g/mol. The summed E-state index contributed by atoms with van der Waals surface area (Å²) in [5.41, 5.74) is 4.99. The summed E-state index contributed by atoms with van der Waals surface area (Å²) < 4.78 is 19.6. The van der Waals surface area contributed by atoms with E-state index < -0.39 is 18.1 Å². The summed E-state index contributed by atoms with van der Waals surface area (Å²) in [6.45, 7) is 0.0890. The van der Waals surface area contributed by atoms with Crippen LogP contribution < -0.4 is 5.32 Å². The molecule has 0 bridgehead atoms. The van der Waals surface area contributed by atoms with Gasteiger partial charge in [-0.05, 0) is 39.3 Å². The molecule has 0 saturated heterocycles. The van der Waals surface area contributed by atoms with Crippen LogP contribution in [0.3, 0.4) is 0 Å². The number of alkyl carbamates (subject to hydrolysis) is 1. The van der Waals surface area contributed by atoms with Gasteiger partial charge in [-0.2, -0.15) is 0 Å². The van der Waals surface area contributed by atoms with Crippen molar-refractivity contribution in [2.45, 2.75) is 18.4 Å². The topological polar surface area (TPSA) is 75.6 Å². The number of carbonyl (C=O) groups is 2. The smallest absolute Gasteiger partial charge is 0.407 e. The van der Waals surface area contributed by atoms with Gasteiger partial charge in [0.1, 0.15) is 18.5 Å². The van der Waals surface area contributed by atoms with E-state index in [1.807, 2.05) is 48.5 Å². The van der Waals surface area contributed by atoms with Crippen molar-refractivity contribution in [3.8, 4) is 11.1 Å². The molecule has 0 fully saturated rings. The number of ether oxygens (including phenoxy) is 1. The molecule has 0 aliphatic heterocycles. The molecule has 1 amide bonds. The molecule has 1 atom stereocenters. The SMILES string of the molecule is O=C(N[C@@H](Cc1ccc(F)c2ccccc12)C(=O)O)OCC1c2ccccc2-c2ccccc21. The number of benzene rings is 4. The summed E-state index contributed by atoms with van der Waals surface area (Å²) in [6.07, 6.45) is -0.805. The Kier molecular flexibility index (Phi) is 5.72. The zero-order valence-corrected chi connectivity index (χ0v) is 18.2. The van der Waals surface area contributed by atoms with Gasteiger partial charge in [-0.1, -0.05) is 78.9 Å². The molecule has 170 valence electrons. The zero-order valence-electron chi connectivity index (χ0n) is 18.2. The molecule has 4 aromatic rings. The van der Waals surface area contributed by atoms with Gasteiger partial charge in [-0.25, -0.2) is 14.0 Å². The third-order valence-electron chi connectivity index (χ3n) is 6.32. The van der Waals surface area contributed by atoms with Crippen LogP contribution in [0.1, 0.15) is 22.6 Å². The van der Waals surface area contributed by atoms with Crippen molar-refractivity contribution in [1.82, 2.24) is 5.32 Å². The van der Waals surface area contributed by atoms with Gasteiger partial charge in [-0.3, -0.25) is 0 Å². The van der Waals surface area contributed by atoms with E-state index in [1.165, 1.54) is 6.07 Å². The lowest BCUT2D eigenvalue weighted by atomic mass is 9.98. The highest BCUT2D eigenvalue weighted by atomic mass is 19.1. The first-order valence-electron chi connectivity index (χ1n) is 11.0. The number of carboxylic acid groups (broad SMARTS) is 1. The normalized spacial score (nSPS) is 13.2. The molecule has 0 heterocycles. The van der Waals surface area contributed by atoms with Crippen molar-refractivity contribution in [2.24, 2.45) is 0 Å². The minimum Gasteiger partial charge on any atom is -0.480 e. The fraction of sp³-hybridized carbons (Fsp3) is 0.143. The molecule has 5 nitrogen and oxygen atoms in total. The Morgan fingerprint density at radius 1 is 0.853 bits per heavy atom. The zero-order chi connectivity index (χ0) is 23.7. The summed E-state index contributed by atoms with van der Waals surface area (Å²) in [7, 11) is 0. The molecule has 0 unspecified atom stereocenters. The van der Waals surface area contributed by atoms with Crippen LogP contribution in [0.5, 0.6) is 0 Å². The van der Waals surface area contributed by atoms with E-state index in [4.69, 9.17) is 4.74 Å². The Hall–Kier alpha value is -4.19. The first kappa shape index (κ1) is 21.6. The molecular weight excluding hydrogens is 433 g/mol. The van der Waals surface area contributed by atoms with E-state index in [1.54, 1.807) is 30.3 Å². The van der Waals surface area contributed by atoms with Crippen molar-refractivity contribution in [1.29, 1.82) is 0 Å². The second-order valence-corrected chi connectivity index (χ2v) is 8.32. The summed E-state index contributed by atoms with van der Waals surface area (Å²) in [4.78, 5) is 24.5. The highest BCUT2D eigenvalue weighted by Crippen LogP contribution is 2.44. The molecule has 6 heteroatoms. The van der Waals surface area contributed by atoms with Crippen molar-refractivity contribution in [3.63, 3.8) is 0 Å². The Balaban J connectivity index is 1.30. The van der Waals surface area contributed by atoms with Crippen LogP contribution >= 0.6 is 0 Å². The number of carboxylic acids is 1. The molecule has 5 rings (SSSR count). The fourth-order valence-electron chi connectivity index (χ4n) is 4.71. The van der Waals surface area contributed by atoms with Gasteiger partial charge in [0.15, 0.2) is 0 Å². The van der Waals surface area contributed by atoms with Gasteiger partial charge in [0.05, 0.1) is 0 Å². The van der Waals surface area contributed by atoms with E-state index in [0.717, 1.165) is 22.3 Å². The van der Waals surface area contributed by atoms with Gasteiger partial charge >= 0.3 is 12.1 Å². The number of nitrogens with one attached hydrogen (secondary N) is 1. The minimum atomic E-state index is -1.22. The first-order chi connectivity index (χ1) is 16.5. The average molecular weight is 455 g/mol. The Morgan fingerprint density at radius 3 is 2.09 bits per heavy atom. The Morgan fingerprint density at radius 2 is 1.44 bits per heavy atom. The van der Waals surface area contributed by atoms with Gasteiger partial charge in [0.25, 0.3) is 0 Å². The highest BCUT2D eigenvalue weighted by Gasteiger charge is 2.30. The molecule has 1 aliphatic rings. The second-order valence-electron chi connectivity index (χ2n) is 8.32. The van der Waals surface area contributed by atoms with Crippen LogP contribution in [0.15, 0.2) is 84.9 Å². The number of hydrogen-bond acceptors (Lipinski definition) is 3. The number of amides is 1. The standard InChI is InChI=1S/C28H22FNO4/c29-25-14-13-17(18-7-1-6-12-23(18)25)15-26(27(31)32)30-28(33)34-16-24-21-10-4-2-8-19(21)20-9-3-5-11-22(20)24/h1-14,24,26H,15-16H2,(H,30,33)(H,31,32)/t26-/m0/s1. The third-order valence-corrected chi connectivity index (χ3v) is 6.32. The quantitative estimate of drug-likeness (QED) is 0.402. The molecular formula is C28H22FNO4. The lowest BCUT2D eigenvalue weighted by Crippen LogP contribution is -2.43. The van der Waals surface area contributed by atoms with Crippen LogP contribution in [-0.4, -0.2) is 29.8 Å². The highest BCUT2D eigenvalue weighted by molar-refractivity contribution is 5.88. The molecule has 0 saturated carbocycles. The summed E-state index contributed by atoms with van der Waals surface area (Å²) in [6, 6.07) is 24.5. The van der Waals surface area contributed by atoms with Gasteiger partial charge < -0.3 is 15.2 Å². The third kappa shape index (κ3) is 3.99. The number of carbonyl (C=O) groups excluding carboxylic acids is 1. The van der Waals surface area contributed by atoms with Crippen LogP contribution in [0.2, 0.25) is 0 Å². The maximum absolute atomic E-state index is 14.1. The Bertz CT molecular complexity index is 1350. The van der Waals surface area contributed by atoms with Crippen molar-refractivity contribution in [2.75, 3.05) is 6.61 Å². The summed E-state index contributed by atoms with van der Waals surface area (Å²) in [5, 5.41) is 13.2. The number of fused-ring (bicyclic) bond motifs is 4. The molecule has 1 aliphatic carbocycles. The predicted octanol–water partition coefficient (Wildman–Crippen LogP) is 5.51. The molecule has 0 aromatic heterocycles. The van der Waals surface area contributed by atoms with E-state index in [9.17, 15) is 19.1 Å². The number of hydrogen-bond donors (Lipinski definition) is 2. The molecule has 0 radical (unpaired) electrons. The van der Waals surface area contributed by atoms with Gasteiger partial charge in [0.2, 0.25) is 0 Å². The maximum Gasteiger partial charge on any atom is 0.407 e. The lowest BCUT2D eigenvalue weighted by Gasteiger charge is -2.18.